The average molecular weight is 336 g/mol. The first-order valence-corrected chi connectivity index (χ1v) is 7.84. The third-order valence-electron chi connectivity index (χ3n) is 3.87. The number of anilines is 2. The van der Waals surface area contributed by atoms with Crippen LogP contribution in [-0.2, 0) is 7.05 Å². The summed E-state index contributed by atoms with van der Waals surface area (Å²) in [7, 11) is 1.94. The third kappa shape index (κ3) is 2.70. The highest BCUT2D eigenvalue weighted by Crippen LogP contribution is 2.28. The number of hydrogen-bond donors (Lipinski definition) is 1. The van der Waals surface area contributed by atoms with Gasteiger partial charge in [0.2, 0.25) is 0 Å². The molecule has 6 heteroatoms. The lowest BCUT2D eigenvalue weighted by Gasteiger charge is -2.10. The molecule has 3 heterocycles. The normalized spacial score (nSPS) is 10.9. The summed E-state index contributed by atoms with van der Waals surface area (Å²) in [4.78, 5) is 8.52. The summed E-state index contributed by atoms with van der Waals surface area (Å²) in [6.07, 6.45) is 5.28. The summed E-state index contributed by atoms with van der Waals surface area (Å²) < 4.78 is 1.86. The Morgan fingerprint density at radius 2 is 1.92 bits per heavy atom. The van der Waals surface area contributed by atoms with Crippen molar-refractivity contribution < 1.29 is 0 Å². The highest BCUT2D eigenvalue weighted by molar-refractivity contribution is 6.29. The van der Waals surface area contributed by atoms with Gasteiger partial charge in [0.05, 0.1) is 17.6 Å². The first kappa shape index (κ1) is 14.7. The predicted octanol–water partition coefficient (Wildman–Crippen LogP) is 4.43. The molecule has 0 saturated heterocycles. The molecular formula is C18H14ClN5. The fraction of sp³-hybridized carbons (Fsp3) is 0.0556. The maximum atomic E-state index is 5.83. The smallest absolute Gasteiger partial charge is 0.138 e. The Kier molecular flexibility index (Phi) is 3.63. The molecule has 0 bridgehead atoms. The molecule has 0 aliphatic rings. The van der Waals surface area contributed by atoms with Gasteiger partial charge in [0.1, 0.15) is 11.0 Å². The van der Waals surface area contributed by atoms with Crippen molar-refractivity contribution in [3.05, 3.63) is 66.2 Å². The van der Waals surface area contributed by atoms with Crippen LogP contribution in [0.15, 0.2) is 61.1 Å². The molecule has 5 nitrogen and oxygen atoms in total. The van der Waals surface area contributed by atoms with Gasteiger partial charge in [0.25, 0.3) is 0 Å². The largest absolute Gasteiger partial charge is 0.338 e. The van der Waals surface area contributed by atoms with E-state index in [1.807, 2.05) is 29.9 Å². The second-order valence-electron chi connectivity index (χ2n) is 5.43. The average Bonchev–Trinajstić information content (AvgIpc) is 3.03. The molecule has 24 heavy (non-hydrogen) atoms. The van der Waals surface area contributed by atoms with Crippen LogP contribution >= 0.6 is 11.6 Å². The molecule has 4 rings (SSSR count). The monoisotopic (exact) mass is 335 g/mol. The van der Waals surface area contributed by atoms with Crippen molar-refractivity contribution in [3.63, 3.8) is 0 Å². The lowest BCUT2D eigenvalue weighted by Crippen LogP contribution is -1.96. The van der Waals surface area contributed by atoms with Gasteiger partial charge in [-0.25, -0.2) is 9.97 Å². The van der Waals surface area contributed by atoms with Crippen LogP contribution in [-0.4, -0.2) is 19.7 Å². The molecule has 4 aromatic rings. The van der Waals surface area contributed by atoms with E-state index in [1.54, 1.807) is 24.7 Å². The van der Waals surface area contributed by atoms with E-state index in [0.717, 1.165) is 33.5 Å². The van der Waals surface area contributed by atoms with Crippen molar-refractivity contribution >= 4 is 33.9 Å². The number of halogens is 1. The van der Waals surface area contributed by atoms with Crippen molar-refractivity contribution in [2.75, 3.05) is 5.32 Å². The fourth-order valence-corrected chi connectivity index (χ4v) is 2.79. The Hall–Kier alpha value is -2.92. The molecule has 0 atom stereocenters. The lowest BCUT2D eigenvalue weighted by molar-refractivity contribution is 0.776. The zero-order valence-corrected chi connectivity index (χ0v) is 13.7. The van der Waals surface area contributed by atoms with Crippen LogP contribution in [0.1, 0.15) is 0 Å². The number of fused-ring (bicyclic) bond motifs is 1. The van der Waals surface area contributed by atoms with Crippen LogP contribution in [0.3, 0.4) is 0 Å². The number of hydrogen-bond acceptors (Lipinski definition) is 4. The van der Waals surface area contributed by atoms with Crippen molar-refractivity contribution in [2.45, 2.75) is 0 Å². The van der Waals surface area contributed by atoms with Gasteiger partial charge in [-0.2, -0.15) is 5.10 Å². The van der Waals surface area contributed by atoms with Gasteiger partial charge in [-0.1, -0.05) is 17.7 Å². The maximum Gasteiger partial charge on any atom is 0.138 e. The number of aryl methyl sites for hydroxylation is 1. The van der Waals surface area contributed by atoms with E-state index in [4.69, 9.17) is 11.6 Å². The SMILES string of the molecule is Cn1nccc1-c1ccc2c(Nc3ccc(Cl)nc3)nccc2c1. The quantitative estimate of drug-likeness (QED) is 0.563. The molecule has 0 fully saturated rings. The minimum absolute atomic E-state index is 0.465. The highest BCUT2D eigenvalue weighted by atomic mass is 35.5. The molecule has 0 aliphatic heterocycles. The van der Waals surface area contributed by atoms with Gasteiger partial charge in [-0.05, 0) is 41.8 Å². The topological polar surface area (TPSA) is 55.6 Å². The van der Waals surface area contributed by atoms with Gasteiger partial charge in [0, 0.05) is 30.4 Å². The van der Waals surface area contributed by atoms with Crippen LogP contribution < -0.4 is 5.32 Å². The van der Waals surface area contributed by atoms with Crippen LogP contribution in [0, 0.1) is 0 Å². The van der Waals surface area contributed by atoms with Gasteiger partial charge >= 0.3 is 0 Å². The number of nitrogens with one attached hydrogen (secondary N) is 1. The second kappa shape index (κ2) is 5.94. The molecule has 0 spiro atoms. The molecular weight excluding hydrogens is 322 g/mol. The summed E-state index contributed by atoms with van der Waals surface area (Å²) in [6, 6.07) is 13.9. The Bertz CT molecular complexity index is 1010. The summed E-state index contributed by atoms with van der Waals surface area (Å²) >= 11 is 5.83. The summed E-state index contributed by atoms with van der Waals surface area (Å²) in [6.45, 7) is 0. The van der Waals surface area contributed by atoms with Crippen molar-refractivity contribution in [1.29, 1.82) is 0 Å². The second-order valence-corrected chi connectivity index (χ2v) is 5.82. The standard InChI is InChI=1S/C18H14ClN5/c1-24-16(7-9-22-24)13-2-4-15-12(10-13)6-8-20-18(15)23-14-3-5-17(19)21-11-14/h2-11H,1H3,(H,20,23). The molecule has 0 saturated carbocycles. The number of aromatic nitrogens is 4. The minimum Gasteiger partial charge on any atom is -0.338 e. The number of benzene rings is 1. The fourth-order valence-electron chi connectivity index (χ4n) is 2.68. The Labute approximate surface area is 143 Å². The van der Waals surface area contributed by atoms with Gasteiger partial charge in [-0.15, -0.1) is 0 Å². The number of rotatable bonds is 3. The molecule has 0 amide bonds. The molecule has 1 aromatic carbocycles. The zero-order chi connectivity index (χ0) is 16.5. The summed E-state index contributed by atoms with van der Waals surface area (Å²) in [5, 5.41) is 10.1. The van der Waals surface area contributed by atoms with Crippen LogP contribution in [0.2, 0.25) is 5.15 Å². The molecule has 1 N–H and O–H groups in total. The van der Waals surface area contributed by atoms with Crippen molar-refractivity contribution in [3.8, 4) is 11.3 Å². The predicted molar refractivity (Wildman–Crippen MR) is 96.5 cm³/mol. The Morgan fingerprint density at radius 1 is 1.00 bits per heavy atom. The zero-order valence-electron chi connectivity index (χ0n) is 12.9. The lowest BCUT2D eigenvalue weighted by atomic mass is 10.1. The van der Waals surface area contributed by atoms with Gasteiger partial charge in [0.15, 0.2) is 0 Å². The van der Waals surface area contributed by atoms with Crippen molar-refractivity contribution in [1.82, 2.24) is 19.7 Å². The van der Waals surface area contributed by atoms with Gasteiger partial charge in [-0.3, -0.25) is 4.68 Å². The van der Waals surface area contributed by atoms with Crippen molar-refractivity contribution in [2.24, 2.45) is 7.05 Å². The highest BCUT2D eigenvalue weighted by Gasteiger charge is 2.07. The third-order valence-corrected chi connectivity index (χ3v) is 4.09. The summed E-state index contributed by atoms with van der Waals surface area (Å²) in [5.41, 5.74) is 3.04. The van der Waals surface area contributed by atoms with E-state index in [2.05, 4.69) is 38.6 Å². The van der Waals surface area contributed by atoms with Crippen LogP contribution in [0.5, 0.6) is 0 Å². The molecule has 3 aromatic heterocycles. The first-order valence-electron chi connectivity index (χ1n) is 7.46. The van der Waals surface area contributed by atoms with E-state index in [0.29, 0.717) is 5.15 Å². The molecule has 0 unspecified atom stereocenters. The first-order chi connectivity index (χ1) is 11.7. The summed E-state index contributed by atoms with van der Waals surface area (Å²) in [5.74, 6) is 0.785. The Morgan fingerprint density at radius 3 is 2.67 bits per heavy atom. The maximum absolute atomic E-state index is 5.83. The molecule has 0 aliphatic carbocycles. The van der Waals surface area contributed by atoms with Crippen LogP contribution in [0.25, 0.3) is 22.0 Å². The van der Waals surface area contributed by atoms with Crippen LogP contribution in [0.4, 0.5) is 11.5 Å². The van der Waals surface area contributed by atoms with E-state index in [9.17, 15) is 0 Å². The van der Waals surface area contributed by atoms with Gasteiger partial charge < -0.3 is 5.32 Å². The Balaban J connectivity index is 1.75. The minimum atomic E-state index is 0.465. The van der Waals surface area contributed by atoms with E-state index < -0.39 is 0 Å². The van der Waals surface area contributed by atoms with E-state index in [-0.39, 0.29) is 0 Å². The van der Waals surface area contributed by atoms with E-state index >= 15 is 0 Å². The molecule has 118 valence electrons. The van der Waals surface area contributed by atoms with E-state index in [1.165, 1.54) is 0 Å². The number of nitrogens with zero attached hydrogens (tertiary/aromatic N) is 4. The number of pyridine rings is 2. The molecule has 0 radical (unpaired) electrons.